The Morgan fingerprint density at radius 2 is 1.57 bits per heavy atom. The molecule has 152 valence electrons. The number of piperidine rings is 1. The van der Waals surface area contributed by atoms with E-state index in [2.05, 4.69) is 36.9 Å². The van der Waals surface area contributed by atoms with Gasteiger partial charge in [0, 0.05) is 36.3 Å². The Labute approximate surface area is 176 Å². The topological polar surface area (TPSA) is 33.4 Å². The maximum absolute atomic E-state index is 13.8. The summed E-state index contributed by atoms with van der Waals surface area (Å²) in [6.07, 6.45) is 1.24. The van der Waals surface area contributed by atoms with Crippen molar-refractivity contribution < 1.29 is 4.39 Å². The third-order valence-corrected chi connectivity index (χ3v) is 5.79. The number of anilines is 1. The highest BCUT2D eigenvalue weighted by Crippen LogP contribution is 2.31. The van der Waals surface area contributed by atoms with E-state index < -0.39 is 0 Å². The SMILES string of the molecule is C[C@@H]1C[C@@H](C)CN(c2cc(-c3ccccc3)nc3cc(-c4cccc(F)c4)nn23)C1. The first-order valence-electron chi connectivity index (χ1n) is 10.5. The summed E-state index contributed by atoms with van der Waals surface area (Å²) in [6.45, 7) is 6.60. The van der Waals surface area contributed by atoms with Crippen molar-refractivity contribution >= 4 is 11.5 Å². The third kappa shape index (κ3) is 3.56. The van der Waals surface area contributed by atoms with Gasteiger partial charge in [-0.25, -0.2) is 9.37 Å². The molecular weight excluding hydrogens is 375 g/mol. The molecule has 30 heavy (non-hydrogen) atoms. The van der Waals surface area contributed by atoms with Gasteiger partial charge in [0.25, 0.3) is 0 Å². The number of nitrogens with zero attached hydrogens (tertiary/aromatic N) is 4. The van der Waals surface area contributed by atoms with Gasteiger partial charge in [0.05, 0.1) is 11.4 Å². The quantitative estimate of drug-likeness (QED) is 0.443. The second-order valence-corrected chi connectivity index (χ2v) is 8.53. The molecule has 5 rings (SSSR count). The molecule has 0 spiro atoms. The fraction of sp³-hybridized carbons (Fsp3) is 0.280. The maximum atomic E-state index is 13.8. The first kappa shape index (κ1) is 18.8. The van der Waals surface area contributed by atoms with Crippen molar-refractivity contribution in [1.82, 2.24) is 14.6 Å². The summed E-state index contributed by atoms with van der Waals surface area (Å²) in [5.41, 5.74) is 4.26. The molecule has 4 aromatic rings. The second kappa shape index (κ2) is 7.56. The Hall–Kier alpha value is -3.21. The van der Waals surface area contributed by atoms with Crippen molar-refractivity contribution in [2.45, 2.75) is 20.3 Å². The molecule has 1 aliphatic rings. The number of halogens is 1. The summed E-state index contributed by atoms with van der Waals surface area (Å²) in [5, 5.41) is 4.83. The molecule has 4 nitrogen and oxygen atoms in total. The van der Waals surface area contributed by atoms with Gasteiger partial charge in [0.1, 0.15) is 11.6 Å². The van der Waals surface area contributed by atoms with E-state index in [1.165, 1.54) is 18.6 Å². The highest BCUT2D eigenvalue weighted by molar-refractivity contribution is 5.71. The summed E-state index contributed by atoms with van der Waals surface area (Å²) in [6, 6.07) is 20.9. The first-order valence-corrected chi connectivity index (χ1v) is 10.5. The molecule has 0 amide bonds. The van der Waals surface area contributed by atoms with Crippen LogP contribution in [0.2, 0.25) is 0 Å². The summed E-state index contributed by atoms with van der Waals surface area (Å²) in [7, 11) is 0. The van der Waals surface area contributed by atoms with E-state index in [1.807, 2.05) is 34.8 Å². The molecule has 2 aromatic carbocycles. The van der Waals surface area contributed by atoms with Crippen LogP contribution in [0.4, 0.5) is 10.2 Å². The predicted octanol–water partition coefficient (Wildman–Crippen LogP) is 5.68. The number of rotatable bonds is 3. The minimum Gasteiger partial charge on any atom is -0.356 e. The van der Waals surface area contributed by atoms with E-state index in [9.17, 15) is 4.39 Å². The van der Waals surface area contributed by atoms with Crippen LogP contribution >= 0.6 is 0 Å². The molecule has 1 saturated heterocycles. The molecule has 1 fully saturated rings. The fourth-order valence-corrected chi connectivity index (χ4v) is 4.58. The lowest BCUT2D eigenvalue weighted by molar-refractivity contribution is 0.354. The lowest BCUT2D eigenvalue weighted by Gasteiger charge is -2.36. The lowest BCUT2D eigenvalue weighted by atomic mass is 9.92. The average molecular weight is 401 g/mol. The van der Waals surface area contributed by atoms with Crippen molar-refractivity contribution in [2.24, 2.45) is 11.8 Å². The monoisotopic (exact) mass is 400 g/mol. The van der Waals surface area contributed by atoms with Crippen LogP contribution < -0.4 is 4.90 Å². The fourth-order valence-electron chi connectivity index (χ4n) is 4.58. The van der Waals surface area contributed by atoms with Gasteiger partial charge in [-0.2, -0.15) is 9.61 Å². The Morgan fingerprint density at radius 3 is 2.30 bits per heavy atom. The smallest absolute Gasteiger partial charge is 0.158 e. The molecule has 0 saturated carbocycles. The van der Waals surface area contributed by atoms with Crippen LogP contribution in [0.1, 0.15) is 20.3 Å². The van der Waals surface area contributed by atoms with Gasteiger partial charge in [0.2, 0.25) is 0 Å². The van der Waals surface area contributed by atoms with E-state index >= 15 is 0 Å². The van der Waals surface area contributed by atoms with Crippen LogP contribution in [0.15, 0.2) is 66.7 Å². The number of hydrogen-bond acceptors (Lipinski definition) is 3. The van der Waals surface area contributed by atoms with Gasteiger partial charge >= 0.3 is 0 Å². The molecule has 0 unspecified atom stereocenters. The molecule has 0 aliphatic carbocycles. The van der Waals surface area contributed by atoms with Crippen LogP contribution in [0.25, 0.3) is 28.2 Å². The van der Waals surface area contributed by atoms with Gasteiger partial charge < -0.3 is 4.90 Å². The summed E-state index contributed by atoms with van der Waals surface area (Å²) in [5.74, 6) is 2.02. The Balaban J connectivity index is 1.69. The molecule has 1 aliphatic heterocycles. The summed E-state index contributed by atoms with van der Waals surface area (Å²) >= 11 is 0. The van der Waals surface area contributed by atoms with Crippen LogP contribution in [-0.4, -0.2) is 27.7 Å². The Morgan fingerprint density at radius 1 is 0.833 bits per heavy atom. The molecular formula is C25H25FN4. The minimum atomic E-state index is -0.263. The van der Waals surface area contributed by atoms with Gasteiger partial charge in [-0.05, 0) is 30.4 Å². The zero-order valence-corrected chi connectivity index (χ0v) is 17.3. The van der Waals surface area contributed by atoms with Crippen molar-refractivity contribution in [1.29, 1.82) is 0 Å². The maximum Gasteiger partial charge on any atom is 0.158 e. The normalized spacial score (nSPS) is 19.4. The third-order valence-electron chi connectivity index (χ3n) is 5.79. The summed E-state index contributed by atoms with van der Waals surface area (Å²) in [4.78, 5) is 7.31. The lowest BCUT2D eigenvalue weighted by Crippen LogP contribution is -2.39. The van der Waals surface area contributed by atoms with Gasteiger partial charge in [-0.15, -0.1) is 0 Å². The molecule has 3 heterocycles. The molecule has 0 radical (unpaired) electrons. The van der Waals surface area contributed by atoms with Crippen molar-refractivity contribution in [3.8, 4) is 22.5 Å². The molecule has 0 bridgehead atoms. The highest BCUT2D eigenvalue weighted by Gasteiger charge is 2.25. The second-order valence-electron chi connectivity index (χ2n) is 8.53. The zero-order valence-electron chi connectivity index (χ0n) is 17.3. The molecule has 2 atom stereocenters. The minimum absolute atomic E-state index is 0.263. The van der Waals surface area contributed by atoms with Crippen LogP contribution in [0.5, 0.6) is 0 Å². The number of aromatic nitrogens is 3. The number of hydrogen-bond donors (Lipinski definition) is 0. The Kier molecular flexibility index (Phi) is 4.74. The predicted molar refractivity (Wildman–Crippen MR) is 119 cm³/mol. The zero-order chi connectivity index (χ0) is 20.7. The van der Waals surface area contributed by atoms with Crippen molar-refractivity contribution in [3.05, 3.63) is 72.5 Å². The number of fused-ring (bicyclic) bond motifs is 1. The molecule has 0 N–H and O–H groups in total. The van der Waals surface area contributed by atoms with E-state index in [-0.39, 0.29) is 5.82 Å². The number of benzene rings is 2. The van der Waals surface area contributed by atoms with E-state index in [4.69, 9.17) is 10.1 Å². The standard InChI is InChI=1S/C25H25FN4/c1-17-11-18(2)16-29(15-17)25-14-22(19-7-4-3-5-8-19)27-24-13-23(28-30(24)25)20-9-6-10-21(26)12-20/h3-10,12-14,17-18H,11,15-16H2,1-2H3/t17-,18-/m1/s1. The van der Waals surface area contributed by atoms with Crippen LogP contribution in [0, 0.1) is 17.7 Å². The molecule has 2 aromatic heterocycles. The van der Waals surface area contributed by atoms with Gasteiger partial charge in [-0.3, -0.25) is 0 Å². The van der Waals surface area contributed by atoms with Crippen molar-refractivity contribution in [2.75, 3.05) is 18.0 Å². The van der Waals surface area contributed by atoms with E-state index in [0.29, 0.717) is 11.8 Å². The summed E-state index contributed by atoms with van der Waals surface area (Å²) < 4.78 is 15.7. The van der Waals surface area contributed by atoms with E-state index in [1.54, 1.807) is 6.07 Å². The average Bonchev–Trinajstić information content (AvgIpc) is 3.17. The van der Waals surface area contributed by atoms with Crippen LogP contribution in [-0.2, 0) is 0 Å². The Bertz CT molecular complexity index is 1170. The molecule has 5 heteroatoms. The van der Waals surface area contributed by atoms with Gasteiger partial charge in [0.15, 0.2) is 5.65 Å². The van der Waals surface area contributed by atoms with Gasteiger partial charge in [-0.1, -0.05) is 56.3 Å². The highest BCUT2D eigenvalue weighted by atomic mass is 19.1. The largest absolute Gasteiger partial charge is 0.356 e. The first-order chi connectivity index (χ1) is 14.6. The van der Waals surface area contributed by atoms with Crippen LogP contribution in [0.3, 0.4) is 0 Å². The van der Waals surface area contributed by atoms with E-state index in [0.717, 1.165) is 47.1 Å². The van der Waals surface area contributed by atoms with Crippen molar-refractivity contribution in [3.63, 3.8) is 0 Å².